The zero-order valence-corrected chi connectivity index (χ0v) is 24.1. The van der Waals surface area contributed by atoms with Gasteiger partial charge in [0.15, 0.2) is 5.82 Å². The highest BCUT2D eigenvalue weighted by molar-refractivity contribution is 6.32. The summed E-state index contributed by atoms with van der Waals surface area (Å²) in [5, 5.41) is 13.0. The number of alkyl halides is 4. The molecule has 1 aromatic carbocycles. The van der Waals surface area contributed by atoms with Crippen molar-refractivity contribution in [2.75, 3.05) is 37.7 Å². The zero-order chi connectivity index (χ0) is 30.5. The minimum atomic E-state index is -4.99. The molecule has 0 radical (unpaired) electrons. The van der Waals surface area contributed by atoms with E-state index < -0.39 is 51.3 Å². The van der Waals surface area contributed by atoms with Crippen LogP contribution in [0.3, 0.4) is 0 Å². The van der Waals surface area contributed by atoms with Crippen LogP contribution in [0, 0.1) is 5.82 Å². The van der Waals surface area contributed by atoms with Crippen LogP contribution in [0.25, 0.3) is 22.2 Å². The Bertz CT molecular complexity index is 1680. The maximum atomic E-state index is 16.6. The summed E-state index contributed by atoms with van der Waals surface area (Å²) < 4.78 is 85.8. The van der Waals surface area contributed by atoms with E-state index in [1.165, 1.54) is 0 Å². The number of anilines is 1. The predicted molar refractivity (Wildman–Crippen MR) is 150 cm³/mol. The number of nitrogens with zero attached hydrogens (tertiary/aromatic N) is 5. The second kappa shape index (κ2) is 9.88. The van der Waals surface area contributed by atoms with Crippen LogP contribution in [0.5, 0.6) is 17.6 Å². The molecule has 4 fully saturated rings. The van der Waals surface area contributed by atoms with E-state index in [4.69, 9.17) is 26.1 Å². The molecule has 0 spiro atoms. The quantitative estimate of drug-likeness (QED) is 0.388. The number of rotatable bonds is 4. The molecular formula is C29H28ClF5N6O3. The van der Waals surface area contributed by atoms with Gasteiger partial charge in [0.05, 0.1) is 22.2 Å². The number of phenolic OH excluding ortho intramolecular Hbond substituents is 1. The number of hydrogen-bond acceptors (Lipinski definition) is 9. The molecular weight excluding hydrogens is 611 g/mol. The predicted octanol–water partition coefficient (Wildman–Crippen LogP) is 4.87. The van der Waals surface area contributed by atoms with Gasteiger partial charge in [0, 0.05) is 37.2 Å². The highest BCUT2D eigenvalue weighted by Crippen LogP contribution is 2.48. The number of fused-ring (bicyclic) bond motifs is 6. The van der Waals surface area contributed by atoms with Gasteiger partial charge in [-0.1, -0.05) is 11.6 Å². The van der Waals surface area contributed by atoms with Gasteiger partial charge in [-0.25, -0.2) is 13.8 Å². The molecule has 0 aliphatic carbocycles. The number of piperazine rings is 1. The number of aromatic nitrogens is 3. The maximum absolute atomic E-state index is 16.6. The fraction of sp³-hybridized carbons (Fsp3) is 0.552. The van der Waals surface area contributed by atoms with Crippen molar-refractivity contribution in [3.05, 3.63) is 28.5 Å². The third kappa shape index (κ3) is 4.35. The van der Waals surface area contributed by atoms with Crippen LogP contribution in [0.15, 0.2) is 12.1 Å². The Balaban J connectivity index is 1.31. The molecule has 2 N–H and O–H groups in total. The molecule has 4 saturated heterocycles. The van der Waals surface area contributed by atoms with Crippen molar-refractivity contribution < 1.29 is 36.5 Å². The first-order chi connectivity index (χ1) is 21.0. The summed E-state index contributed by atoms with van der Waals surface area (Å²) in [6, 6.07) is 1.33. The molecule has 2 aromatic heterocycles. The third-order valence-electron chi connectivity index (χ3n) is 9.78. The first-order valence-electron chi connectivity index (χ1n) is 14.7. The lowest BCUT2D eigenvalue weighted by Gasteiger charge is -2.40. The molecule has 5 aliphatic rings. The van der Waals surface area contributed by atoms with Crippen LogP contribution < -0.4 is 19.7 Å². The molecule has 3 aromatic rings. The number of hydrogen-bond donors (Lipinski definition) is 2. The highest BCUT2D eigenvalue weighted by atomic mass is 35.5. The standard InChI is InChI=1S/C29H28ClF5N6O3/c30-17-7-15(42)6-16(21(17)29(33,34)35)23-22(32)24-20-25(41-10-14-2-3-18(36-14)19(41)11-43-26(20)37-23)39-27(38-24)44-12-28-4-1-5-40(28)9-13(31)8-28/h6-7,13-14,18-19,36,42H,1-5,8-12H2/t13-,14+,18-,19-,28-/m1/s1. The van der Waals surface area contributed by atoms with Crippen LogP contribution in [-0.2, 0) is 6.18 Å². The van der Waals surface area contributed by atoms with Crippen molar-refractivity contribution in [1.82, 2.24) is 25.2 Å². The van der Waals surface area contributed by atoms with E-state index >= 15 is 4.39 Å². The summed E-state index contributed by atoms with van der Waals surface area (Å²) in [5.74, 6) is -1.58. The van der Waals surface area contributed by atoms with Crippen LogP contribution >= 0.6 is 11.6 Å². The highest BCUT2D eigenvalue weighted by Gasteiger charge is 2.50. The van der Waals surface area contributed by atoms with E-state index in [0.717, 1.165) is 44.4 Å². The SMILES string of the molecule is Oc1cc(Cl)c(C(F)(F)F)c(-c2nc3c4c(nc(OC[C@]56CCCN5C[C@H](F)C6)nc4c2F)N2C[C@@H]4CC[C@@H](N4)[C@H]2CO3)c1. The Morgan fingerprint density at radius 1 is 1.18 bits per heavy atom. The van der Waals surface area contributed by atoms with Gasteiger partial charge in [-0.2, -0.15) is 23.1 Å². The van der Waals surface area contributed by atoms with Crippen molar-refractivity contribution in [2.45, 2.75) is 68.1 Å². The second-order valence-corrected chi connectivity index (χ2v) is 12.8. The molecule has 0 amide bonds. The van der Waals surface area contributed by atoms with Gasteiger partial charge >= 0.3 is 12.2 Å². The minimum Gasteiger partial charge on any atom is -0.508 e. The average Bonchev–Trinajstić information content (AvgIpc) is 3.59. The third-order valence-corrected chi connectivity index (χ3v) is 10.1. The summed E-state index contributed by atoms with van der Waals surface area (Å²) in [4.78, 5) is 17.4. The van der Waals surface area contributed by atoms with Crippen LogP contribution in [0.2, 0.25) is 5.02 Å². The number of pyridine rings is 1. The van der Waals surface area contributed by atoms with Gasteiger partial charge in [0.25, 0.3) is 0 Å². The lowest BCUT2D eigenvalue weighted by molar-refractivity contribution is -0.137. The topological polar surface area (TPSA) is 95.9 Å². The molecule has 8 rings (SSSR count). The fourth-order valence-electron chi connectivity index (χ4n) is 7.88. The zero-order valence-electron chi connectivity index (χ0n) is 23.3. The first kappa shape index (κ1) is 28.3. The van der Waals surface area contributed by atoms with E-state index in [2.05, 4.69) is 20.2 Å². The number of ether oxygens (including phenoxy) is 2. The normalized spacial score (nSPS) is 29.5. The van der Waals surface area contributed by atoms with Crippen molar-refractivity contribution in [3.8, 4) is 28.9 Å². The summed E-state index contributed by atoms with van der Waals surface area (Å²) in [6.45, 7) is 1.80. The smallest absolute Gasteiger partial charge is 0.418 e. The second-order valence-electron chi connectivity index (χ2n) is 12.4. The molecule has 44 heavy (non-hydrogen) atoms. The summed E-state index contributed by atoms with van der Waals surface area (Å²) >= 11 is 5.93. The number of halogens is 6. The molecule has 5 atom stereocenters. The van der Waals surface area contributed by atoms with Gasteiger partial charge in [-0.3, -0.25) is 4.90 Å². The van der Waals surface area contributed by atoms with Gasteiger partial charge in [-0.15, -0.1) is 0 Å². The lowest BCUT2D eigenvalue weighted by Crippen LogP contribution is -2.60. The Hall–Kier alpha value is -3.23. The monoisotopic (exact) mass is 638 g/mol. The molecule has 0 saturated carbocycles. The van der Waals surface area contributed by atoms with Gasteiger partial charge < -0.3 is 24.8 Å². The number of nitrogens with one attached hydrogen (secondary N) is 1. The van der Waals surface area contributed by atoms with Crippen LogP contribution in [0.1, 0.15) is 37.7 Å². The Kier molecular flexibility index (Phi) is 6.35. The Morgan fingerprint density at radius 2 is 2.02 bits per heavy atom. The van der Waals surface area contributed by atoms with Gasteiger partial charge in [0.1, 0.15) is 47.5 Å². The molecule has 9 nitrogen and oxygen atoms in total. The molecule has 234 valence electrons. The summed E-state index contributed by atoms with van der Waals surface area (Å²) in [6.07, 6.45) is -2.22. The molecule has 2 bridgehead atoms. The average molecular weight is 639 g/mol. The molecule has 0 unspecified atom stereocenters. The van der Waals surface area contributed by atoms with Crippen molar-refractivity contribution in [2.24, 2.45) is 0 Å². The van der Waals surface area contributed by atoms with Gasteiger partial charge in [-0.05, 0) is 44.4 Å². The molecule has 15 heteroatoms. The Morgan fingerprint density at radius 3 is 2.84 bits per heavy atom. The van der Waals surface area contributed by atoms with Crippen molar-refractivity contribution >= 4 is 28.3 Å². The minimum absolute atomic E-state index is 0.0504. The Labute approximate surface area is 253 Å². The molecule has 5 aliphatic heterocycles. The largest absolute Gasteiger partial charge is 0.508 e. The van der Waals surface area contributed by atoms with Crippen molar-refractivity contribution in [3.63, 3.8) is 0 Å². The summed E-state index contributed by atoms with van der Waals surface area (Å²) in [5.41, 5.74) is -3.70. The van der Waals surface area contributed by atoms with E-state index in [0.29, 0.717) is 25.3 Å². The fourth-order valence-corrected chi connectivity index (χ4v) is 8.20. The summed E-state index contributed by atoms with van der Waals surface area (Å²) in [7, 11) is 0. The van der Waals surface area contributed by atoms with Crippen LogP contribution in [0.4, 0.5) is 27.8 Å². The number of phenols is 1. The van der Waals surface area contributed by atoms with E-state index in [1.807, 2.05) is 4.90 Å². The molecule has 7 heterocycles. The number of aromatic hydroxyl groups is 1. The van der Waals surface area contributed by atoms with Crippen molar-refractivity contribution in [1.29, 1.82) is 0 Å². The van der Waals surface area contributed by atoms with Crippen LogP contribution in [-0.4, -0.2) is 87.6 Å². The van der Waals surface area contributed by atoms with E-state index in [-0.39, 0.29) is 54.1 Å². The van der Waals surface area contributed by atoms with E-state index in [9.17, 15) is 22.7 Å². The maximum Gasteiger partial charge on any atom is 0.418 e. The first-order valence-corrected chi connectivity index (χ1v) is 15.1. The lowest BCUT2D eigenvalue weighted by atomic mass is 9.95. The number of benzene rings is 1. The van der Waals surface area contributed by atoms with Gasteiger partial charge in [0.2, 0.25) is 5.88 Å². The van der Waals surface area contributed by atoms with E-state index in [1.54, 1.807) is 0 Å².